The molecule has 20 heavy (non-hydrogen) atoms. The van der Waals surface area contributed by atoms with Gasteiger partial charge >= 0.3 is 0 Å². The molecule has 1 N–H and O–H groups in total. The third-order valence-corrected chi connectivity index (χ3v) is 3.55. The van der Waals surface area contributed by atoms with Crippen LogP contribution in [-0.2, 0) is 4.79 Å². The predicted octanol–water partition coefficient (Wildman–Crippen LogP) is 2.48. The van der Waals surface area contributed by atoms with Crippen molar-refractivity contribution in [2.75, 3.05) is 5.75 Å². The number of carbonyl (C=O) groups is 1. The number of nitrogens with zero attached hydrogens (tertiary/aromatic N) is 3. The fourth-order valence-electron chi connectivity index (χ4n) is 1.25. The van der Waals surface area contributed by atoms with Gasteiger partial charge in [0, 0.05) is 16.9 Å². The minimum absolute atomic E-state index is 0.198. The van der Waals surface area contributed by atoms with Gasteiger partial charge in [-0.1, -0.05) is 39.8 Å². The molecule has 0 atom stereocenters. The van der Waals surface area contributed by atoms with Gasteiger partial charge in [-0.15, -0.1) is 0 Å². The molecular formula is C13H11BrN4OS. The van der Waals surface area contributed by atoms with Gasteiger partial charge in [-0.05, 0) is 23.8 Å². The SMILES string of the molecule is O=C(CSc1ncccn1)NN=Cc1ccc(Br)cc1. The zero-order chi connectivity index (χ0) is 14.2. The number of amides is 1. The zero-order valence-electron chi connectivity index (χ0n) is 10.4. The Kier molecular flexibility index (Phi) is 5.69. The van der Waals surface area contributed by atoms with Gasteiger partial charge in [0.2, 0.25) is 0 Å². The number of hydrogen-bond acceptors (Lipinski definition) is 5. The van der Waals surface area contributed by atoms with Crippen molar-refractivity contribution >= 4 is 39.8 Å². The van der Waals surface area contributed by atoms with Crippen molar-refractivity contribution in [2.24, 2.45) is 5.10 Å². The number of benzene rings is 1. The standard InChI is InChI=1S/C13H11BrN4OS/c14-11-4-2-10(3-5-11)8-17-18-12(19)9-20-13-15-6-1-7-16-13/h1-8H,9H2,(H,18,19). The quantitative estimate of drug-likeness (QED) is 0.389. The second-order valence-corrected chi connectivity index (χ2v) is 5.52. The van der Waals surface area contributed by atoms with E-state index in [9.17, 15) is 4.79 Å². The Bertz CT molecular complexity index is 589. The van der Waals surface area contributed by atoms with E-state index in [0.29, 0.717) is 5.16 Å². The van der Waals surface area contributed by atoms with E-state index in [2.05, 4.69) is 36.4 Å². The highest BCUT2D eigenvalue weighted by Gasteiger charge is 2.02. The first-order valence-electron chi connectivity index (χ1n) is 5.71. The van der Waals surface area contributed by atoms with Gasteiger partial charge in [0.15, 0.2) is 5.16 Å². The van der Waals surface area contributed by atoms with Crippen molar-refractivity contribution in [1.82, 2.24) is 15.4 Å². The van der Waals surface area contributed by atoms with Crippen LogP contribution in [0.4, 0.5) is 0 Å². The molecule has 2 rings (SSSR count). The maximum atomic E-state index is 11.6. The van der Waals surface area contributed by atoms with Gasteiger partial charge in [0.05, 0.1) is 12.0 Å². The first-order chi connectivity index (χ1) is 9.74. The van der Waals surface area contributed by atoms with Crippen LogP contribution >= 0.6 is 27.7 Å². The van der Waals surface area contributed by atoms with Gasteiger partial charge in [-0.2, -0.15) is 5.10 Å². The number of hydrazone groups is 1. The monoisotopic (exact) mass is 350 g/mol. The number of nitrogens with one attached hydrogen (secondary N) is 1. The second kappa shape index (κ2) is 7.76. The van der Waals surface area contributed by atoms with Crippen LogP contribution in [0.25, 0.3) is 0 Å². The number of aromatic nitrogens is 2. The van der Waals surface area contributed by atoms with Crippen LogP contribution in [0.15, 0.2) is 57.5 Å². The molecule has 1 aromatic carbocycles. The topological polar surface area (TPSA) is 67.2 Å². The van der Waals surface area contributed by atoms with Crippen molar-refractivity contribution in [1.29, 1.82) is 0 Å². The van der Waals surface area contributed by atoms with Crippen LogP contribution in [0.5, 0.6) is 0 Å². The highest BCUT2D eigenvalue weighted by atomic mass is 79.9. The average molecular weight is 351 g/mol. The molecule has 0 unspecified atom stereocenters. The normalized spacial score (nSPS) is 10.7. The predicted molar refractivity (Wildman–Crippen MR) is 82.6 cm³/mol. The maximum absolute atomic E-state index is 11.6. The summed E-state index contributed by atoms with van der Waals surface area (Å²) >= 11 is 4.61. The minimum Gasteiger partial charge on any atom is -0.272 e. The van der Waals surface area contributed by atoms with E-state index in [-0.39, 0.29) is 11.7 Å². The third kappa shape index (κ3) is 5.10. The first-order valence-corrected chi connectivity index (χ1v) is 7.49. The number of halogens is 1. The Balaban J connectivity index is 1.76. The van der Waals surface area contributed by atoms with Gasteiger partial charge in [-0.3, -0.25) is 4.79 Å². The Hall–Kier alpha value is -1.73. The van der Waals surface area contributed by atoms with E-state index in [1.807, 2.05) is 24.3 Å². The summed E-state index contributed by atoms with van der Waals surface area (Å²) in [5, 5.41) is 4.46. The van der Waals surface area contributed by atoms with E-state index in [1.165, 1.54) is 11.8 Å². The molecular weight excluding hydrogens is 340 g/mol. The van der Waals surface area contributed by atoms with Crippen molar-refractivity contribution < 1.29 is 4.79 Å². The summed E-state index contributed by atoms with van der Waals surface area (Å²) in [5.41, 5.74) is 3.37. The van der Waals surface area contributed by atoms with E-state index in [0.717, 1.165) is 10.0 Å². The van der Waals surface area contributed by atoms with E-state index < -0.39 is 0 Å². The smallest absolute Gasteiger partial charge is 0.250 e. The average Bonchev–Trinajstić information content (AvgIpc) is 2.48. The lowest BCUT2D eigenvalue weighted by molar-refractivity contribution is -0.118. The molecule has 2 aromatic rings. The Morgan fingerprint density at radius 3 is 2.70 bits per heavy atom. The number of hydrogen-bond donors (Lipinski definition) is 1. The third-order valence-electron chi connectivity index (χ3n) is 2.15. The minimum atomic E-state index is -0.198. The molecule has 1 heterocycles. The molecule has 1 aromatic heterocycles. The largest absolute Gasteiger partial charge is 0.272 e. The highest BCUT2D eigenvalue weighted by molar-refractivity contribution is 9.10. The Morgan fingerprint density at radius 2 is 2.00 bits per heavy atom. The van der Waals surface area contributed by atoms with Crippen LogP contribution in [0.1, 0.15) is 5.56 Å². The molecule has 102 valence electrons. The van der Waals surface area contributed by atoms with Gasteiger partial charge in [-0.25, -0.2) is 15.4 Å². The summed E-state index contributed by atoms with van der Waals surface area (Å²) < 4.78 is 0.998. The van der Waals surface area contributed by atoms with Crippen LogP contribution in [0, 0.1) is 0 Å². The highest BCUT2D eigenvalue weighted by Crippen LogP contribution is 2.10. The summed E-state index contributed by atoms with van der Waals surface area (Å²) in [4.78, 5) is 19.6. The van der Waals surface area contributed by atoms with Crippen LogP contribution < -0.4 is 5.43 Å². The molecule has 1 amide bonds. The molecule has 0 aliphatic carbocycles. The maximum Gasteiger partial charge on any atom is 0.250 e. The summed E-state index contributed by atoms with van der Waals surface area (Å²) in [7, 11) is 0. The molecule has 0 radical (unpaired) electrons. The Morgan fingerprint density at radius 1 is 1.30 bits per heavy atom. The Labute approximate surface area is 129 Å². The van der Waals surface area contributed by atoms with Crippen LogP contribution in [0.2, 0.25) is 0 Å². The van der Waals surface area contributed by atoms with Crippen LogP contribution in [-0.4, -0.2) is 27.8 Å². The second-order valence-electron chi connectivity index (χ2n) is 3.66. The van der Waals surface area contributed by atoms with E-state index >= 15 is 0 Å². The van der Waals surface area contributed by atoms with Crippen molar-refractivity contribution in [3.05, 3.63) is 52.8 Å². The fraction of sp³-hybridized carbons (Fsp3) is 0.0769. The summed E-state index contributed by atoms with van der Waals surface area (Å²) in [6.45, 7) is 0. The summed E-state index contributed by atoms with van der Waals surface area (Å²) in [5.74, 6) is 0.0256. The van der Waals surface area contributed by atoms with Crippen LogP contribution in [0.3, 0.4) is 0 Å². The lowest BCUT2D eigenvalue weighted by Gasteiger charge is -1.99. The zero-order valence-corrected chi connectivity index (χ0v) is 12.8. The summed E-state index contributed by atoms with van der Waals surface area (Å²) in [6, 6.07) is 9.34. The first kappa shape index (κ1) is 14.7. The fourth-order valence-corrected chi connectivity index (χ4v) is 2.11. The van der Waals surface area contributed by atoms with Gasteiger partial charge < -0.3 is 0 Å². The molecule has 0 saturated heterocycles. The lowest BCUT2D eigenvalue weighted by atomic mass is 10.2. The lowest BCUT2D eigenvalue weighted by Crippen LogP contribution is -2.19. The molecule has 5 nitrogen and oxygen atoms in total. The van der Waals surface area contributed by atoms with Gasteiger partial charge in [0.25, 0.3) is 5.91 Å². The van der Waals surface area contributed by atoms with Gasteiger partial charge in [0.1, 0.15) is 0 Å². The molecule has 0 aliphatic rings. The molecule has 0 saturated carbocycles. The molecule has 7 heteroatoms. The van der Waals surface area contributed by atoms with Crippen molar-refractivity contribution in [3.63, 3.8) is 0 Å². The van der Waals surface area contributed by atoms with E-state index in [1.54, 1.807) is 24.7 Å². The van der Waals surface area contributed by atoms with E-state index in [4.69, 9.17) is 0 Å². The molecule has 0 fully saturated rings. The number of rotatable bonds is 5. The molecule has 0 spiro atoms. The number of thioether (sulfide) groups is 1. The molecule has 0 aliphatic heterocycles. The van der Waals surface area contributed by atoms with Crippen molar-refractivity contribution in [2.45, 2.75) is 5.16 Å². The van der Waals surface area contributed by atoms with Crippen molar-refractivity contribution in [3.8, 4) is 0 Å². The number of carbonyl (C=O) groups excluding carboxylic acids is 1. The molecule has 0 bridgehead atoms. The summed E-state index contributed by atoms with van der Waals surface area (Å²) in [6.07, 6.45) is 4.87.